The van der Waals surface area contributed by atoms with Crippen LogP contribution in [0, 0.1) is 12.7 Å². The van der Waals surface area contributed by atoms with Crippen molar-refractivity contribution in [2.45, 2.75) is 58.1 Å². The summed E-state index contributed by atoms with van der Waals surface area (Å²) in [6.07, 6.45) is -0.798. The smallest absolute Gasteiger partial charge is 0.266 e. The molecule has 1 N–H and O–H groups in total. The van der Waals surface area contributed by atoms with Crippen LogP contribution in [0.4, 0.5) is 19.0 Å². The third-order valence-corrected chi connectivity index (χ3v) is 7.69. The highest BCUT2D eigenvalue weighted by molar-refractivity contribution is 5.88. The number of hydrogen-bond acceptors (Lipinski definition) is 7. The summed E-state index contributed by atoms with van der Waals surface area (Å²) in [6.45, 7) is 10.4. The average Bonchev–Trinajstić information content (AvgIpc) is 2.87. The number of aryl methyl sites for hydroxylation is 1. The maximum atomic E-state index is 14.9. The van der Waals surface area contributed by atoms with Gasteiger partial charge < -0.3 is 15.0 Å². The fourth-order valence-electron chi connectivity index (χ4n) is 5.45. The van der Waals surface area contributed by atoms with Crippen molar-refractivity contribution in [3.8, 4) is 5.88 Å². The monoisotopic (exact) mass is 528 g/mol. The third-order valence-electron chi connectivity index (χ3n) is 7.69. The minimum Gasteiger partial charge on any atom is -0.471 e. The predicted octanol–water partition coefficient (Wildman–Crippen LogP) is 5.48. The van der Waals surface area contributed by atoms with E-state index in [9.17, 15) is 13.2 Å². The topological polar surface area (TPSA) is 66.4 Å². The Kier molecular flexibility index (Phi) is 7.72. The highest BCUT2D eigenvalue weighted by Crippen LogP contribution is 2.38. The number of ether oxygens (including phenoxy) is 1. The van der Waals surface area contributed by atoms with Gasteiger partial charge in [-0.15, -0.1) is 0 Å². The zero-order valence-corrected chi connectivity index (χ0v) is 22.3. The van der Waals surface area contributed by atoms with E-state index in [-0.39, 0.29) is 17.6 Å². The van der Waals surface area contributed by atoms with Crippen molar-refractivity contribution in [1.82, 2.24) is 24.8 Å². The van der Waals surface area contributed by atoms with E-state index in [1.807, 2.05) is 0 Å². The molecule has 0 radical (unpaired) electrons. The Morgan fingerprint density at radius 1 is 1.11 bits per heavy atom. The Morgan fingerprint density at radius 3 is 2.47 bits per heavy atom. The molecule has 0 unspecified atom stereocenters. The van der Waals surface area contributed by atoms with Crippen LogP contribution in [0.25, 0.3) is 11.0 Å². The van der Waals surface area contributed by atoms with Crippen molar-refractivity contribution in [2.24, 2.45) is 0 Å². The number of nitrogens with one attached hydrogen (secondary N) is 1. The zero-order chi connectivity index (χ0) is 27.0. The van der Waals surface area contributed by atoms with Gasteiger partial charge in [-0.25, -0.2) is 23.1 Å². The first-order chi connectivity index (χ1) is 18.2. The van der Waals surface area contributed by atoms with Gasteiger partial charge in [-0.2, -0.15) is 4.98 Å². The number of likely N-dealkylation sites (N-methyl/N-ethyl adjacent to an activating group) is 1. The standard InChI is InChI=1S/C28H35F3N6O/c1-5-37-11-9-18(10-12-37)22-13-23-26(32-16(2)20-7-6-8-21(24(20)29)25(30)31)33-17(3)34-27(23)35-28(22)38-19-14-36(4)15-19/h6-8,13,16,18-19,25H,5,9-12,14-15H2,1-4H3,(H,32,33,34,35)/t16-/m1/s1. The molecule has 10 heteroatoms. The summed E-state index contributed by atoms with van der Waals surface area (Å²) in [4.78, 5) is 18.7. The van der Waals surface area contributed by atoms with Gasteiger partial charge in [0.15, 0.2) is 5.65 Å². The second-order valence-electron chi connectivity index (χ2n) is 10.5. The highest BCUT2D eigenvalue weighted by Gasteiger charge is 2.30. The number of aromatic nitrogens is 3. The molecule has 0 spiro atoms. The van der Waals surface area contributed by atoms with Gasteiger partial charge in [0.1, 0.15) is 23.6 Å². The van der Waals surface area contributed by atoms with Crippen molar-refractivity contribution in [3.63, 3.8) is 0 Å². The Hall–Kier alpha value is -2.98. The van der Waals surface area contributed by atoms with E-state index in [0.29, 0.717) is 28.6 Å². The summed E-state index contributed by atoms with van der Waals surface area (Å²) < 4.78 is 47.9. The quantitative estimate of drug-likeness (QED) is 0.416. The number of piperidine rings is 1. The fourth-order valence-corrected chi connectivity index (χ4v) is 5.45. The molecule has 2 saturated heterocycles. The van der Waals surface area contributed by atoms with Gasteiger partial charge in [-0.3, -0.25) is 4.90 Å². The summed E-state index contributed by atoms with van der Waals surface area (Å²) >= 11 is 0. The summed E-state index contributed by atoms with van der Waals surface area (Å²) in [5.74, 6) is 1.00. The third kappa shape index (κ3) is 5.42. The van der Waals surface area contributed by atoms with E-state index >= 15 is 0 Å². The molecule has 0 bridgehead atoms. The van der Waals surface area contributed by atoms with Gasteiger partial charge in [0.05, 0.1) is 17.0 Å². The largest absolute Gasteiger partial charge is 0.471 e. The van der Waals surface area contributed by atoms with E-state index in [2.05, 4.69) is 45.1 Å². The van der Waals surface area contributed by atoms with Crippen LogP contribution >= 0.6 is 0 Å². The molecule has 1 atom stereocenters. The summed E-state index contributed by atoms with van der Waals surface area (Å²) in [5, 5.41) is 3.96. The molecule has 2 aliphatic rings. The molecule has 0 saturated carbocycles. The minimum atomic E-state index is -2.89. The van der Waals surface area contributed by atoms with Crippen LogP contribution in [-0.4, -0.2) is 70.6 Å². The molecule has 2 aliphatic heterocycles. The van der Waals surface area contributed by atoms with Crippen molar-refractivity contribution in [2.75, 3.05) is 45.1 Å². The number of alkyl halides is 2. The first-order valence-corrected chi connectivity index (χ1v) is 13.3. The van der Waals surface area contributed by atoms with Gasteiger partial charge >= 0.3 is 0 Å². The van der Waals surface area contributed by atoms with Crippen LogP contribution in [-0.2, 0) is 0 Å². The van der Waals surface area contributed by atoms with Gasteiger partial charge in [-0.1, -0.05) is 25.1 Å². The maximum Gasteiger partial charge on any atom is 0.266 e. The molecule has 38 heavy (non-hydrogen) atoms. The molecule has 0 aliphatic carbocycles. The maximum absolute atomic E-state index is 14.9. The Bertz CT molecular complexity index is 1290. The molecule has 3 aromatic rings. The molecule has 2 aromatic heterocycles. The van der Waals surface area contributed by atoms with E-state index in [4.69, 9.17) is 9.72 Å². The van der Waals surface area contributed by atoms with Gasteiger partial charge in [0.25, 0.3) is 6.43 Å². The molecule has 1 aromatic carbocycles. The summed E-state index contributed by atoms with van der Waals surface area (Å²) in [6, 6.07) is 5.53. The molecular formula is C28H35F3N6O. The number of benzene rings is 1. The van der Waals surface area contributed by atoms with E-state index in [1.165, 1.54) is 12.1 Å². The Balaban J connectivity index is 1.52. The molecule has 5 rings (SSSR count). The summed E-state index contributed by atoms with van der Waals surface area (Å²) in [7, 11) is 2.06. The lowest BCUT2D eigenvalue weighted by atomic mass is 9.89. The number of hydrogen-bond donors (Lipinski definition) is 1. The molecule has 0 amide bonds. The van der Waals surface area contributed by atoms with Crippen LogP contribution in [0.15, 0.2) is 24.3 Å². The number of likely N-dealkylation sites (tertiary alicyclic amines) is 2. The normalized spacial score (nSPS) is 18.6. The molecular weight excluding hydrogens is 493 g/mol. The Labute approximate surface area is 221 Å². The second kappa shape index (κ2) is 11.0. The number of nitrogens with zero attached hydrogens (tertiary/aromatic N) is 5. The minimum absolute atomic E-state index is 0.0880. The lowest BCUT2D eigenvalue weighted by molar-refractivity contribution is 0.0344. The van der Waals surface area contributed by atoms with Crippen LogP contribution in [0.3, 0.4) is 0 Å². The molecule has 204 valence electrons. The number of anilines is 1. The van der Waals surface area contributed by atoms with E-state index in [1.54, 1.807) is 13.8 Å². The number of halogens is 3. The summed E-state index contributed by atoms with van der Waals surface area (Å²) in [5.41, 5.74) is 1.08. The SMILES string of the molecule is CCN1CCC(c2cc3c(N[C@H](C)c4cccc(C(F)F)c4F)nc(C)nc3nc2OC2CN(C)C2)CC1. The van der Waals surface area contributed by atoms with Crippen molar-refractivity contribution >= 4 is 16.9 Å². The van der Waals surface area contributed by atoms with Crippen LogP contribution < -0.4 is 10.1 Å². The van der Waals surface area contributed by atoms with E-state index in [0.717, 1.165) is 57.2 Å². The molecule has 7 nitrogen and oxygen atoms in total. The van der Waals surface area contributed by atoms with Gasteiger partial charge in [0.2, 0.25) is 5.88 Å². The molecule has 2 fully saturated rings. The van der Waals surface area contributed by atoms with Crippen molar-refractivity contribution < 1.29 is 17.9 Å². The second-order valence-corrected chi connectivity index (χ2v) is 10.5. The van der Waals surface area contributed by atoms with E-state index < -0.39 is 23.8 Å². The van der Waals surface area contributed by atoms with Gasteiger partial charge in [0, 0.05) is 24.2 Å². The molecule has 4 heterocycles. The number of pyridine rings is 1. The number of rotatable bonds is 8. The zero-order valence-electron chi connectivity index (χ0n) is 22.3. The van der Waals surface area contributed by atoms with Crippen LogP contribution in [0.2, 0.25) is 0 Å². The lowest BCUT2D eigenvalue weighted by Gasteiger charge is -2.37. The van der Waals surface area contributed by atoms with Crippen molar-refractivity contribution in [3.05, 3.63) is 52.6 Å². The van der Waals surface area contributed by atoms with Crippen molar-refractivity contribution in [1.29, 1.82) is 0 Å². The Morgan fingerprint density at radius 2 is 1.82 bits per heavy atom. The number of fused-ring (bicyclic) bond motifs is 1. The van der Waals surface area contributed by atoms with Crippen LogP contribution in [0.1, 0.15) is 67.6 Å². The fraction of sp³-hybridized carbons (Fsp3) is 0.536. The lowest BCUT2D eigenvalue weighted by Crippen LogP contribution is -2.51. The first-order valence-electron chi connectivity index (χ1n) is 13.3. The predicted molar refractivity (Wildman–Crippen MR) is 141 cm³/mol. The average molecular weight is 529 g/mol. The van der Waals surface area contributed by atoms with Crippen LogP contribution in [0.5, 0.6) is 5.88 Å². The van der Waals surface area contributed by atoms with Gasteiger partial charge in [-0.05, 0) is 65.4 Å². The first kappa shape index (κ1) is 26.6. The highest BCUT2D eigenvalue weighted by atomic mass is 19.3.